The number of methoxy groups -OCH3 is 1. The molecule has 1 heterocycles. The van der Waals surface area contributed by atoms with Gasteiger partial charge in [-0.1, -0.05) is 19.1 Å². The van der Waals surface area contributed by atoms with Crippen LogP contribution in [-0.2, 0) is 6.42 Å². The van der Waals surface area contributed by atoms with E-state index >= 15 is 0 Å². The van der Waals surface area contributed by atoms with E-state index in [1.807, 2.05) is 25.1 Å². The van der Waals surface area contributed by atoms with Crippen LogP contribution in [0.3, 0.4) is 0 Å². The maximum absolute atomic E-state index is 6.16. The number of nitrogens with zero attached hydrogens (tertiary/aromatic N) is 1. The summed E-state index contributed by atoms with van der Waals surface area (Å²) >= 11 is 0. The van der Waals surface area contributed by atoms with Gasteiger partial charge in [0, 0.05) is 16.8 Å². The Hall–Kier alpha value is -1.77. The van der Waals surface area contributed by atoms with Crippen LogP contribution in [0.25, 0.3) is 10.9 Å². The lowest BCUT2D eigenvalue weighted by Gasteiger charge is -2.12. The second-order valence-electron chi connectivity index (χ2n) is 3.80. The van der Waals surface area contributed by atoms with Crippen molar-refractivity contribution in [2.24, 2.45) is 0 Å². The van der Waals surface area contributed by atoms with E-state index in [-0.39, 0.29) is 0 Å². The number of ether oxygens (including phenoxy) is 1. The molecule has 2 aromatic rings. The Morgan fingerprint density at radius 1 is 1.38 bits per heavy atom. The number of aromatic nitrogens is 1. The minimum atomic E-state index is 0.773. The van der Waals surface area contributed by atoms with Crippen LogP contribution in [0.2, 0.25) is 0 Å². The first-order valence-corrected chi connectivity index (χ1v) is 5.40. The van der Waals surface area contributed by atoms with Crippen molar-refractivity contribution >= 4 is 16.6 Å². The Bertz CT molecular complexity index is 535. The van der Waals surface area contributed by atoms with Crippen molar-refractivity contribution in [2.45, 2.75) is 20.3 Å². The van der Waals surface area contributed by atoms with Gasteiger partial charge >= 0.3 is 0 Å². The second kappa shape index (κ2) is 4.00. The lowest BCUT2D eigenvalue weighted by Crippen LogP contribution is -2.01. The minimum Gasteiger partial charge on any atom is -0.494 e. The third-order valence-electron chi connectivity index (χ3n) is 2.90. The topological polar surface area (TPSA) is 48.1 Å². The predicted molar refractivity (Wildman–Crippen MR) is 66.8 cm³/mol. The molecule has 0 bridgehead atoms. The zero-order chi connectivity index (χ0) is 11.7. The fraction of sp³-hybridized carbons (Fsp3) is 0.308. The summed E-state index contributed by atoms with van der Waals surface area (Å²) in [5.74, 6) is 0.773. The smallest absolute Gasteiger partial charge is 0.145 e. The highest BCUT2D eigenvalue weighted by atomic mass is 16.5. The molecule has 1 aromatic heterocycles. The van der Waals surface area contributed by atoms with Crippen LogP contribution in [-0.4, -0.2) is 12.1 Å². The van der Waals surface area contributed by atoms with E-state index in [4.69, 9.17) is 10.5 Å². The number of fused-ring (bicyclic) bond motifs is 1. The first-order valence-electron chi connectivity index (χ1n) is 5.40. The third kappa shape index (κ3) is 1.48. The number of aryl methyl sites for hydroxylation is 1. The number of nitrogen functional groups attached to an aromatic ring is 1. The van der Waals surface area contributed by atoms with Crippen LogP contribution in [0.5, 0.6) is 5.75 Å². The summed E-state index contributed by atoms with van der Waals surface area (Å²) in [6.07, 6.45) is 0.901. The van der Waals surface area contributed by atoms with Gasteiger partial charge in [-0.05, 0) is 25.0 Å². The number of rotatable bonds is 2. The second-order valence-corrected chi connectivity index (χ2v) is 3.80. The van der Waals surface area contributed by atoms with E-state index in [0.29, 0.717) is 0 Å². The SMILES string of the molecule is CCc1c(C)nc2c(OC)cccc2c1N. The summed E-state index contributed by atoms with van der Waals surface area (Å²) in [6.45, 7) is 4.08. The van der Waals surface area contributed by atoms with Gasteiger partial charge in [-0.2, -0.15) is 0 Å². The van der Waals surface area contributed by atoms with Crippen molar-refractivity contribution in [3.63, 3.8) is 0 Å². The lowest BCUT2D eigenvalue weighted by molar-refractivity contribution is 0.419. The Morgan fingerprint density at radius 3 is 2.75 bits per heavy atom. The number of hydrogen-bond donors (Lipinski definition) is 1. The maximum atomic E-state index is 6.16. The molecule has 0 fully saturated rings. The van der Waals surface area contributed by atoms with E-state index in [0.717, 1.165) is 40.0 Å². The largest absolute Gasteiger partial charge is 0.494 e. The summed E-state index contributed by atoms with van der Waals surface area (Å²) in [5.41, 5.74) is 9.94. The van der Waals surface area contributed by atoms with Gasteiger partial charge in [-0.25, -0.2) is 4.98 Å². The highest BCUT2D eigenvalue weighted by Crippen LogP contribution is 2.31. The molecule has 0 saturated heterocycles. The molecule has 0 aliphatic heterocycles. The van der Waals surface area contributed by atoms with Crippen molar-refractivity contribution < 1.29 is 4.74 Å². The lowest BCUT2D eigenvalue weighted by atomic mass is 10.0. The van der Waals surface area contributed by atoms with Crippen molar-refractivity contribution in [1.82, 2.24) is 4.98 Å². The molecule has 0 spiro atoms. The average molecular weight is 216 g/mol. The van der Waals surface area contributed by atoms with E-state index in [9.17, 15) is 0 Å². The summed E-state index contributed by atoms with van der Waals surface area (Å²) in [5, 5.41) is 0.974. The molecule has 0 aliphatic rings. The first kappa shape index (κ1) is 10.7. The normalized spacial score (nSPS) is 10.7. The van der Waals surface area contributed by atoms with Gasteiger partial charge < -0.3 is 10.5 Å². The molecule has 0 saturated carbocycles. The number of para-hydroxylation sites is 1. The van der Waals surface area contributed by atoms with Gasteiger partial charge in [-0.3, -0.25) is 0 Å². The molecule has 16 heavy (non-hydrogen) atoms. The molecule has 1 aromatic carbocycles. The quantitative estimate of drug-likeness (QED) is 0.839. The van der Waals surface area contributed by atoms with Gasteiger partial charge in [0.05, 0.1) is 7.11 Å². The predicted octanol–water partition coefficient (Wildman–Crippen LogP) is 2.70. The van der Waals surface area contributed by atoms with Gasteiger partial charge in [0.2, 0.25) is 0 Å². The van der Waals surface area contributed by atoms with E-state index in [1.54, 1.807) is 7.11 Å². The fourth-order valence-corrected chi connectivity index (χ4v) is 2.06. The van der Waals surface area contributed by atoms with Gasteiger partial charge in [0.15, 0.2) is 0 Å². The standard InChI is InChI=1S/C13H16N2O/c1-4-9-8(2)15-13-10(12(9)14)6-5-7-11(13)16-3/h5-7H,4H2,1-3H3,(H2,14,15). The molecular weight excluding hydrogens is 200 g/mol. The Balaban J connectivity index is 2.86. The Labute approximate surface area is 95.2 Å². The molecule has 0 unspecified atom stereocenters. The van der Waals surface area contributed by atoms with E-state index < -0.39 is 0 Å². The van der Waals surface area contributed by atoms with E-state index in [1.165, 1.54) is 0 Å². The molecule has 0 aliphatic carbocycles. The highest BCUT2D eigenvalue weighted by molar-refractivity contribution is 5.95. The van der Waals surface area contributed by atoms with Gasteiger partial charge in [0.25, 0.3) is 0 Å². The summed E-state index contributed by atoms with van der Waals surface area (Å²) < 4.78 is 5.29. The van der Waals surface area contributed by atoms with Crippen molar-refractivity contribution in [3.8, 4) is 5.75 Å². The molecule has 3 nitrogen and oxygen atoms in total. The fourth-order valence-electron chi connectivity index (χ4n) is 2.06. The number of pyridine rings is 1. The van der Waals surface area contributed by atoms with Gasteiger partial charge in [0.1, 0.15) is 11.3 Å². The Morgan fingerprint density at radius 2 is 2.12 bits per heavy atom. The molecule has 84 valence electrons. The zero-order valence-corrected chi connectivity index (χ0v) is 9.87. The van der Waals surface area contributed by atoms with Crippen molar-refractivity contribution in [2.75, 3.05) is 12.8 Å². The van der Waals surface area contributed by atoms with Crippen molar-refractivity contribution in [3.05, 3.63) is 29.5 Å². The number of hydrogen-bond acceptors (Lipinski definition) is 3. The van der Waals surface area contributed by atoms with Crippen LogP contribution in [0.4, 0.5) is 5.69 Å². The monoisotopic (exact) mass is 216 g/mol. The third-order valence-corrected chi connectivity index (χ3v) is 2.90. The molecule has 3 heteroatoms. The molecule has 2 N–H and O–H groups in total. The zero-order valence-electron chi connectivity index (χ0n) is 9.87. The molecule has 2 rings (SSSR count). The van der Waals surface area contributed by atoms with Crippen LogP contribution < -0.4 is 10.5 Å². The van der Waals surface area contributed by atoms with E-state index in [2.05, 4.69) is 11.9 Å². The highest BCUT2D eigenvalue weighted by Gasteiger charge is 2.11. The average Bonchev–Trinajstić information content (AvgIpc) is 2.29. The number of nitrogens with two attached hydrogens (primary N) is 1. The first-order chi connectivity index (χ1) is 7.69. The van der Waals surface area contributed by atoms with Gasteiger partial charge in [-0.15, -0.1) is 0 Å². The van der Waals surface area contributed by atoms with Crippen molar-refractivity contribution in [1.29, 1.82) is 0 Å². The summed E-state index contributed by atoms with van der Waals surface area (Å²) in [7, 11) is 1.65. The number of benzene rings is 1. The van der Waals surface area contributed by atoms with Crippen LogP contribution in [0, 0.1) is 6.92 Å². The molecule has 0 radical (unpaired) electrons. The summed E-state index contributed by atoms with van der Waals surface area (Å²) in [4.78, 5) is 4.57. The molecular formula is C13H16N2O. The minimum absolute atomic E-state index is 0.773. The molecule has 0 atom stereocenters. The van der Waals surface area contributed by atoms with Crippen LogP contribution >= 0.6 is 0 Å². The van der Waals surface area contributed by atoms with Crippen LogP contribution in [0.15, 0.2) is 18.2 Å². The summed E-state index contributed by atoms with van der Waals surface area (Å²) in [6, 6.07) is 5.83. The number of anilines is 1. The van der Waals surface area contributed by atoms with Crippen LogP contribution in [0.1, 0.15) is 18.2 Å². The molecule has 0 amide bonds. The Kier molecular flexibility index (Phi) is 2.69. The maximum Gasteiger partial charge on any atom is 0.145 e.